The Morgan fingerprint density at radius 3 is 2.68 bits per heavy atom. The summed E-state index contributed by atoms with van der Waals surface area (Å²) < 4.78 is 6.20. The molecule has 6 heteroatoms. The van der Waals surface area contributed by atoms with Crippen LogP contribution in [0.5, 0.6) is 11.5 Å². The number of nitrogens with zero attached hydrogens (tertiary/aromatic N) is 3. The van der Waals surface area contributed by atoms with Gasteiger partial charge in [-0.15, -0.1) is 0 Å². The van der Waals surface area contributed by atoms with Crippen molar-refractivity contribution in [3.8, 4) is 11.5 Å². The van der Waals surface area contributed by atoms with Crippen molar-refractivity contribution in [1.82, 2.24) is 14.9 Å². The molecule has 132 valence electrons. The van der Waals surface area contributed by atoms with Crippen molar-refractivity contribution in [1.29, 1.82) is 0 Å². The lowest BCUT2D eigenvalue weighted by Crippen LogP contribution is -2.24. The minimum absolute atomic E-state index is 0.218. The van der Waals surface area contributed by atoms with Gasteiger partial charge >= 0.3 is 0 Å². The van der Waals surface area contributed by atoms with Crippen LogP contribution in [-0.2, 0) is 0 Å². The number of likely N-dealkylation sites (tertiary alicyclic amines) is 1. The van der Waals surface area contributed by atoms with Gasteiger partial charge in [0.15, 0.2) is 0 Å². The molecule has 5 nitrogen and oxygen atoms in total. The van der Waals surface area contributed by atoms with Crippen LogP contribution in [0, 0.1) is 18.8 Å². The fourth-order valence-corrected chi connectivity index (χ4v) is 4.75. The number of ether oxygens (including phenoxy) is 1. The standard InChI is InChI=1S/C19H23N3O2S/c1-13-18(3-2-6-20-13)24-17-7-14-10-22(11-15(14)8-17)12-25-19-5-4-16(23)9-21-19/h2-6,9,14-15,17,23H,7-8,10-12H2,1H3/t14-,15+,17?. The van der Waals surface area contributed by atoms with E-state index in [9.17, 15) is 5.11 Å². The minimum atomic E-state index is 0.218. The first-order valence-electron chi connectivity index (χ1n) is 8.76. The van der Waals surface area contributed by atoms with Crippen molar-refractivity contribution in [2.75, 3.05) is 19.0 Å². The summed E-state index contributed by atoms with van der Waals surface area (Å²) in [5.74, 6) is 3.57. The molecule has 0 radical (unpaired) electrons. The number of aryl methyl sites for hydroxylation is 1. The number of fused-ring (bicyclic) bond motifs is 1. The van der Waals surface area contributed by atoms with Crippen LogP contribution >= 0.6 is 11.8 Å². The molecule has 25 heavy (non-hydrogen) atoms. The fraction of sp³-hybridized carbons (Fsp3) is 0.474. The van der Waals surface area contributed by atoms with E-state index < -0.39 is 0 Å². The van der Waals surface area contributed by atoms with Gasteiger partial charge in [-0.2, -0.15) is 0 Å². The highest BCUT2D eigenvalue weighted by Gasteiger charge is 2.41. The van der Waals surface area contributed by atoms with Crippen molar-refractivity contribution >= 4 is 11.8 Å². The van der Waals surface area contributed by atoms with Crippen molar-refractivity contribution in [2.24, 2.45) is 11.8 Å². The lowest BCUT2D eigenvalue weighted by Gasteiger charge is -2.19. The first kappa shape index (κ1) is 16.7. The number of hydrogen-bond acceptors (Lipinski definition) is 6. The average Bonchev–Trinajstić information content (AvgIpc) is 3.14. The SMILES string of the molecule is Cc1ncccc1OC1C[C@@H]2CN(CSc3ccc(O)cn3)C[C@@H]2C1. The van der Waals surface area contributed by atoms with E-state index in [1.54, 1.807) is 17.8 Å². The van der Waals surface area contributed by atoms with Crippen LogP contribution in [0.3, 0.4) is 0 Å². The molecule has 2 aromatic heterocycles. The first-order valence-corrected chi connectivity index (χ1v) is 9.74. The molecule has 2 aliphatic rings. The summed E-state index contributed by atoms with van der Waals surface area (Å²) in [4.78, 5) is 11.1. The van der Waals surface area contributed by atoms with Crippen LogP contribution < -0.4 is 4.74 Å². The lowest BCUT2D eigenvalue weighted by atomic mass is 10.0. The van der Waals surface area contributed by atoms with Crippen molar-refractivity contribution < 1.29 is 9.84 Å². The summed E-state index contributed by atoms with van der Waals surface area (Å²) in [6.07, 6.45) is 5.91. The van der Waals surface area contributed by atoms with Crippen LogP contribution in [0.1, 0.15) is 18.5 Å². The second-order valence-electron chi connectivity index (χ2n) is 6.98. The van der Waals surface area contributed by atoms with E-state index in [0.717, 1.165) is 60.1 Å². The Morgan fingerprint density at radius 1 is 1.20 bits per heavy atom. The maximum absolute atomic E-state index is 9.30. The Balaban J connectivity index is 1.26. The molecule has 0 amide bonds. The molecular weight excluding hydrogens is 334 g/mol. The van der Waals surface area contributed by atoms with Crippen molar-refractivity contribution in [2.45, 2.75) is 30.9 Å². The van der Waals surface area contributed by atoms with E-state index in [2.05, 4.69) is 14.9 Å². The second-order valence-corrected chi connectivity index (χ2v) is 7.95. The van der Waals surface area contributed by atoms with Gasteiger partial charge < -0.3 is 9.84 Å². The van der Waals surface area contributed by atoms with E-state index >= 15 is 0 Å². The third kappa shape index (κ3) is 3.90. The van der Waals surface area contributed by atoms with Crippen LogP contribution in [0.4, 0.5) is 0 Å². The minimum Gasteiger partial charge on any atom is -0.506 e. The fourth-order valence-electron chi connectivity index (χ4n) is 3.93. The molecule has 0 spiro atoms. The van der Waals surface area contributed by atoms with Crippen LogP contribution in [0.2, 0.25) is 0 Å². The molecule has 4 rings (SSSR count). The lowest BCUT2D eigenvalue weighted by molar-refractivity contribution is 0.187. The molecule has 1 unspecified atom stereocenters. The zero-order valence-electron chi connectivity index (χ0n) is 14.3. The van der Waals surface area contributed by atoms with Gasteiger partial charge in [0.25, 0.3) is 0 Å². The number of rotatable bonds is 5. The van der Waals surface area contributed by atoms with E-state index in [1.807, 2.05) is 31.3 Å². The Labute approximate surface area is 152 Å². The highest BCUT2D eigenvalue weighted by atomic mass is 32.2. The smallest absolute Gasteiger partial charge is 0.140 e. The molecule has 1 saturated heterocycles. The zero-order valence-corrected chi connectivity index (χ0v) is 15.2. The molecule has 1 N–H and O–H groups in total. The largest absolute Gasteiger partial charge is 0.506 e. The normalized spacial score (nSPS) is 25.9. The molecule has 2 aromatic rings. The van der Waals surface area contributed by atoms with Gasteiger partial charge in [-0.3, -0.25) is 9.88 Å². The highest BCUT2D eigenvalue weighted by molar-refractivity contribution is 7.99. The van der Waals surface area contributed by atoms with E-state index in [1.165, 1.54) is 6.20 Å². The maximum atomic E-state index is 9.30. The second kappa shape index (κ2) is 7.22. The summed E-state index contributed by atoms with van der Waals surface area (Å²) >= 11 is 1.73. The first-order chi connectivity index (χ1) is 12.2. The monoisotopic (exact) mass is 357 g/mol. The predicted molar refractivity (Wildman–Crippen MR) is 97.8 cm³/mol. The number of hydrogen-bond donors (Lipinski definition) is 1. The zero-order chi connectivity index (χ0) is 17.2. The van der Waals surface area contributed by atoms with E-state index in [0.29, 0.717) is 6.10 Å². The topological polar surface area (TPSA) is 58.5 Å². The number of pyridine rings is 2. The van der Waals surface area contributed by atoms with Gasteiger partial charge in [-0.05, 0) is 55.9 Å². The molecule has 0 aromatic carbocycles. The molecule has 2 fully saturated rings. The molecule has 1 aliphatic heterocycles. The van der Waals surface area contributed by atoms with Gasteiger partial charge in [0, 0.05) is 19.3 Å². The summed E-state index contributed by atoms with van der Waals surface area (Å²) in [5.41, 5.74) is 0.971. The average molecular weight is 357 g/mol. The highest BCUT2D eigenvalue weighted by Crippen LogP contribution is 2.40. The molecule has 1 saturated carbocycles. The summed E-state index contributed by atoms with van der Waals surface area (Å²) in [6.45, 7) is 4.28. The number of aromatic hydroxyl groups is 1. The molecule has 3 heterocycles. The van der Waals surface area contributed by atoms with E-state index in [-0.39, 0.29) is 5.75 Å². The van der Waals surface area contributed by atoms with Gasteiger partial charge in [-0.1, -0.05) is 11.8 Å². The third-order valence-corrected chi connectivity index (χ3v) is 6.18. The van der Waals surface area contributed by atoms with Crippen molar-refractivity contribution in [3.63, 3.8) is 0 Å². The Hall–Kier alpha value is -1.79. The molecular formula is C19H23N3O2S. The number of thioether (sulfide) groups is 1. The van der Waals surface area contributed by atoms with E-state index in [4.69, 9.17) is 4.74 Å². The Morgan fingerprint density at radius 2 is 2.00 bits per heavy atom. The van der Waals surface area contributed by atoms with Gasteiger partial charge in [0.1, 0.15) is 11.5 Å². The van der Waals surface area contributed by atoms with Gasteiger partial charge in [-0.25, -0.2) is 4.98 Å². The van der Waals surface area contributed by atoms with Gasteiger partial charge in [0.2, 0.25) is 0 Å². The van der Waals surface area contributed by atoms with Crippen molar-refractivity contribution in [3.05, 3.63) is 42.4 Å². The summed E-state index contributed by atoms with van der Waals surface area (Å²) in [6, 6.07) is 7.52. The Kier molecular flexibility index (Phi) is 4.81. The molecule has 0 bridgehead atoms. The Bertz CT molecular complexity index is 711. The van der Waals surface area contributed by atoms with Crippen LogP contribution in [-0.4, -0.2) is 45.0 Å². The quantitative estimate of drug-likeness (QED) is 0.829. The van der Waals surface area contributed by atoms with Crippen LogP contribution in [0.25, 0.3) is 0 Å². The summed E-state index contributed by atoms with van der Waals surface area (Å²) in [7, 11) is 0. The van der Waals surface area contributed by atoms with Crippen LogP contribution in [0.15, 0.2) is 41.7 Å². The summed E-state index contributed by atoms with van der Waals surface area (Å²) in [5, 5.41) is 10.3. The molecule has 1 aliphatic carbocycles. The number of aromatic nitrogens is 2. The third-order valence-electron chi connectivity index (χ3n) is 5.15. The molecule has 3 atom stereocenters. The maximum Gasteiger partial charge on any atom is 0.140 e. The van der Waals surface area contributed by atoms with Gasteiger partial charge in [0.05, 0.1) is 28.9 Å². The predicted octanol–water partition coefficient (Wildman–Crippen LogP) is 3.33.